The van der Waals surface area contributed by atoms with Crippen LogP contribution in [0.5, 0.6) is 0 Å². The van der Waals surface area contributed by atoms with Crippen molar-refractivity contribution in [2.75, 3.05) is 40.3 Å². The molecular weight excluding hydrogens is 340 g/mol. The van der Waals surface area contributed by atoms with Gasteiger partial charge in [0.1, 0.15) is 0 Å². The van der Waals surface area contributed by atoms with Crippen molar-refractivity contribution < 1.29 is 14.3 Å². The van der Waals surface area contributed by atoms with Crippen molar-refractivity contribution in [1.29, 1.82) is 0 Å². The van der Waals surface area contributed by atoms with Crippen LogP contribution >= 0.6 is 11.3 Å². The Balaban J connectivity index is 1.70. The molecule has 1 aromatic heterocycles. The Morgan fingerprint density at radius 2 is 2.12 bits per heavy atom. The predicted molar refractivity (Wildman–Crippen MR) is 98.9 cm³/mol. The highest BCUT2D eigenvalue weighted by Crippen LogP contribution is 2.23. The number of hydrogen-bond donors (Lipinski definition) is 2. The van der Waals surface area contributed by atoms with Crippen molar-refractivity contribution in [1.82, 2.24) is 15.5 Å². The summed E-state index contributed by atoms with van der Waals surface area (Å²) in [6, 6.07) is 3.68. The molecule has 1 saturated heterocycles. The average Bonchev–Trinajstić information content (AvgIpc) is 3.27. The minimum Gasteiger partial charge on any atom is -0.469 e. The Labute approximate surface area is 152 Å². The molecule has 7 nitrogen and oxygen atoms in total. The van der Waals surface area contributed by atoms with Crippen molar-refractivity contribution >= 4 is 29.2 Å². The van der Waals surface area contributed by atoms with Crippen molar-refractivity contribution in [2.24, 2.45) is 16.8 Å². The van der Waals surface area contributed by atoms with Crippen LogP contribution in [0.1, 0.15) is 23.0 Å². The topological polar surface area (TPSA) is 83.0 Å². The van der Waals surface area contributed by atoms with E-state index < -0.39 is 0 Å². The molecule has 1 fully saturated rings. The molecule has 0 bridgehead atoms. The van der Waals surface area contributed by atoms with Gasteiger partial charge in [-0.1, -0.05) is 13.0 Å². The van der Waals surface area contributed by atoms with Gasteiger partial charge in [0.05, 0.1) is 17.9 Å². The Morgan fingerprint density at radius 3 is 2.76 bits per heavy atom. The third kappa shape index (κ3) is 5.19. The van der Waals surface area contributed by atoms with E-state index in [0.717, 1.165) is 23.8 Å². The molecule has 8 heteroatoms. The first kappa shape index (κ1) is 19.2. The van der Waals surface area contributed by atoms with Gasteiger partial charge in [0.25, 0.3) is 5.91 Å². The van der Waals surface area contributed by atoms with Crippen molar-refractivity contribution in [3.8, 4) is 0 Å². The van der Waals surface area contributed by atoms with Crippen LogP contribution in [0.15, 0.2) is 22.5 Å². The monoisotopic (exact) mass is 366 g/mol. The van der Waals surface area contributed by atoms with Gasteiger partial charge in [-0.3, -0.25) is 14.6 Å². The number of amides is 1. The van der Waals surface area contributed by atoms with Crippen molar-refractivity contribution in [3.63, 3.8) is 0 Å². The molecule has 138 valence electrons. The number of ether oxygens (including phenoxy) is 1. The number of rotatable bonds is 6. The molecule has 0 aliphatic carbocycles. The quantitative estimate of drug-likeness (QED) is 0.342. The van der Waals surface area contributed by atoms with E-state index in [9.17, 15) is 9.59 Å². The average molecular weight is 366 g/mol. The third-order valence-electron chi connectivity index (χ3n) is 4.29. The molecule has 1 aromatic rings. The fraction of sp³-hybridized carbons (Fsp3) is 0.588. The van der Waals surface area contributed by atoms with E-state index >= 15 is 0 Å². The van der Waals surface area contributed by atoms with Gasteiger partial charge in [-0.25, -0.2) is 0 Å². The number of esters is 1. The molecule has 2 heterocycles. The SMILES string of the molecule is CN=C(NCCCNC(=O)c1cccs1)N1CC(C)C(C(=O)OC)C1. The second-order valence-electron chi connectivity index (χ2n) is 6.07. The van der Waals surface area contributed by atoms with Crippen molar-refractivity contribution in [2.45, 2.75) is 13.3 Å². The number of nitrogens with one attached hydrogen (secondary N) is 2. The standard InChI is InChI=1S/C17H26N4O3S/c1-12-10-21(11-13(12)16(23)24-3)17(18-2)20-8-5-7-19-15(22)14-6-4-9-25-14/h4,6,9,12-13H,5,7-8,10-11H2,1-3H3,(H,18,20)(H,19,22). The molecule has 1 aliphatic rings. The lowest BCUT2D eigenvalue weighted by atomic mass is 9.99. The summed E-state index contributed by atoms with van der Waals surface area (Å²) in [6.45, 7) is 4.74. The number of carbonyl (C=O) groups excluding carboxylic acids is 2. The smallest absolute Gasteiger partial charge is 0.310 e. The first-order chi connectivity index (χ1) is 12.1. The molecule has 0 saturated carbocycles. The molecule has 2 rings (SSSR count). The fourth-order valence-electron chi connectivity index (χ4n) is 2.92. The number of guanidine groups is 1. The number of likely N-dealkylation sites (tertiary alicyclic amines) is 1. The highest BCUT2D eigenvalue weighted by atomic mass is 32.1. The first-order valence-electron chi connectivity index (χ1n) is 8.42. The third-order valence-corrected chi connectivity index (χ3v) is 5.16. The molecule has 25 heavy (non-hydrogen) atoms. The lowest BCUT2D eigenvalue weighted by Crippen LogP contribution is -2.41. The zero-order valence-corrected chi connectivity index (χ0v) is 15.8. The van der Waals surface area contributed by atoms with Gasteiger partial charge in [0.15, 0.2) is 5.96 Å². The Kier molecular flexibility index (Phi) is 7.24. The van der Waals surface area contributed by atoms with Gasteiger partial charge in [-0.05, 0) is 23.8 Å². The summed E-state index contributed by atoms with van der Waals surface area (Å²) in [6.07, 6.45) is 0.792. The maximum atomic E-state index is 11.8. The number of nitrogens with zero attached hydrogens (tertiary/aromatic N) is 2. The Bertz CT molecular complexity index is 603. The normalized spacial score (nSPS) is 20.4. The molecule has 2 unspecified atom stereocenters. The Hall–Kier alpha value is -2.09. The fourth-order valence-corrected chi connectivity index (χ4v) is 3.56. The van der Waals surface area contributed by atoms with Gasteiger partial charge < -0.3 is 20.3 Å². The lowest BCUT2D eigenvalue weighted by Gasteiger charge is -2.21. The van der Waals surface area contributed by atoms with Crippen LogP contribution in [0.4, 0.5) is 0 Å². The second kappa shape index (κ2) is 9.41. The highest BCUT2D eigenvalue weighted by Gasteiger charge is 2.36. The van der Waals surface area contributed by atoms with E-state index in [1.807, 2.05) is 17.5 Å². The van der Waals surface area contributed by atoms with E-state index in [1.54, 1.807) is 7.05 Å². The molecular formula is C17H26N4O3S. The van der Waals surface area contributed by atoms with Gasteiger partial charge in [0, 0.05) is 33.2 Å². The molecule has 0 aromatic carbocycles. The second-order valence-corrected chi connectivity index (χ2v) is 7.02. The molecule has 2 atom stereocenters. The van der Waals surface area contributed by atoms with Gasteiger partial charge in [-0.15, -0.1) is 11.3 Å². The summed E-state index contributed by atoms with van der Waals surface area (Å²) in [4.78, 5) is 30.7. The molecule has 1 amide bonds. The largest absolute Gasteiger partial charge is 0.469 e. The minimum absolute atomic E-state index is 0.0336. The van der Waals surface area contributed by atoms with Crippen molar-refractivity contribution in [3.05, 3.63) is 22.4 Å². The van der Waals surface area contributed by atoms with Crippen LogP contribution in [0.25, 0.3) is 0 Å². The van der Waals surface area contributed by atoms with E-state index in [-0.39, 0.29) is 23.7 Å². The van der Waals surface area contributed by atoms with E-state index in [0.29, 0.717) is 19.6 Å². The van der Waals surface area contributed by atoms with Crippen LogP contribution in [0.3, 0.4) is 0 Å². The maximum Gasteiger partial charge on any atom is 0.310 e. The van der Waals surface area contributed by atoms with Crippen LogP contribution in [0, 0.1) is 11.8 Å². The van der Waals surface area contributed by atoms with Gasteiger partial charge in [0.2, 0.25) is 0 Å². The summed E-state index contributed by atoms with van der Waals surface area (Å²) in [5.74, 6) is 0.697. The number of methoxy groups -OCH3 is 1. The molecule has 0 spiro atoms. The van der Waals surface area contributed by atoms with Crippen LogP contribution < -0.4 is 10.6 Å². The summed E-state index contributed by atoms with van der Waals surface area (Å²) >= 11 is 1.43. The molecule has 1 aliphatic heterocycles. The summed E-state index contributed by atoms with van der Waals surface area (Å²) in [5, 5.41) is 8.08. The number of hydrogen-bond acceptors (Lipinski definition) is 5. The van der Waals surface area contributed by atoms with Crippen LogP contribution in [0.2, 0.25) is 0 Å². The highest BCUT2D eigenvalue weighted by molar-refractivity contribution is 7.12. The number of thiophene rings is 1. The van der Waals surface area contributed by atoms with Crippen LogP contribution in [-0.4, -0.2) is 63.1 Å². The first-order valence-corrected chi connectivity index (χ1v) is 9.30. The summed E-state index contributed by atoms with van der Waals surface area (Å²) in [5.41, 5.74) is 0. The van der Waals surface area contributed by atoms with Gasteiger partial charge in [-0.2, -0.15) is 0 Å². The summed E-state index contributed by atoms with van der Waals surface area (Å²) in [7, 11) is 3.16. The number of aliphatic imine (C=N–C) groups is 1. The maximum absolute atomic E-state index is 11.8. The van der Waals surface area contributed by atoms with E-state index in [1.165, 1.54) is 18.4 Å². The summed E-state index contributed by atoms with van der Waals surface area (Å²) < 4.78 is 4.87. The van der Waals surface area contributed by atoms with Gasteiger partial charge >= 0.3 is 5.97 Å². The predicted octanol–water partition coefficient (Wildman–Crippen LogP) is 1.18. The van der Waals surface area contributed by atoms with Crippen LogP contribution in [-0.2, 0) is 9.53 Å². The zero-order chi connectivity index (χ0) is 18.2. The minimum atomic E-state index is -0.165. The van der Waals surface area contributed by atoms with E-state index in [4.69, 9.17) is 4.74 Å². The Morgan fingerprint density at radius 1 is 1.36 bits per heavy atom. The zero-order valence-electron chi connectivity index (χ0n) is 14.9. The molecule has 0 radical (unpaired) electrons. The number of carbonyl (C=O) groups is 2. The lowest BCUT2D eigenvalue weighted by molar-refractivity contribution is -0.145. The van der Waals surface area contributed by atoms with E-state index in [2.05, 4.69) is 27.4 Å². The molecule has 2 N–H and O–H groups in total.